The van der Waals surface area contributed by atoms with Crippen LogP contribution in [0.25, 0.3) is 106 Å². The van der Waals surface area contributed by atoms with Gasteiger partial charge in [0.15, 0.2) is 0 Å². The van der Waals surface area contributed by atoms with Gasteiger partial charge >= 0.3 is 0 Å². The van der Waals surface area contributed by atoms with Crippen molar-refractivity contribution < 1.29 is 9.47 Å². The summed E-state index contributed by atoms with van der Waals surface area (Å²) in [6, 6.07) is 103. The van der Waals surface area contributed by atoms with E-state index in [0.717, 1.165) is 31.6 Å². The second kappa shape index (κ2) is 28.2. The van der Waals surface area contributed by atoms with E-state index >= 15 is 0 Å². The second-order valence-electron chi connectivity index (χ2n) is 29.4. The van der Waals surface area contributed by atoms with Crippen molar-refractivity contribution in [1.82, 2.24) is 0 Å². The minimum absolute atomic E-state index is 0.00707. The molecule has 0 aliphatic heterocycles. The fourth-order valence-electron chi connectivity index (χ4n) is 16.2. The van der Waals surface area contributed by atoms with Gasteiger partial charge in [-0.25, -0.2) is 0 Å². The Kier molecular flexibility index (Phi) is 18.4. The highest BCUT2D eigenvalue weighted by Gasteiger charge is 2.37. The zero-order valence-electron chi connectivity index (χ0n) is 61.3. The lowest BCUT2D eigenvalue weighted by molar-refractivity contribution is 0.122. The van der Waals surface area contributed by atoms with Crippen molar-refractivity contribution in [2.45, 2.75) is 99.0 Å². The Balaban J connectivity index is 0.000000121. The van der Waals surface area contributed by atoms with Crippen LogP contribution in [0.4, 0.5) is 28.4 Å². The average Bonchev–Trinajstić information content (AvgIpc) is 1.48. The molecule has 0 saturated heterocycles. The van der Waals surface area contributed by atoms with E-state index in [4.69, 9.17) is 9.47 Å². The normalized spacial score (nSPS) is 12.9. The summed E-state index contributed by atoms with van der Waals surface area (Å²) in [4.78, 5) is 4.72. The van der Waals surface area contributed by atoms with Crippen LogP contribution in [0.1, 0.15) is 105 Å². The summed E-state index contributed by atoms with van der Waals surface area (Å²) in [5.41, 5.74) is 27.0. The molecule has 0 bridgehead atoms. The maximum absolute atomic E-state index is 6.48. The Bertz CT molecular complexity index is 5950. The number of anilines is 5. The molecule has 0 N–H and O–H groups in total. The van der Waals surface area contributed by atoms with Crippen LogP contribution in [0.2, 0.25) is 0 Å². The molecule has 4 nitrogen and oxygen atoms in total. The number of rotatable bonds is 15. The first-order chi connectivity index (χ1) is 50.6. The quantitative estimate of drug-likeness (QED) is 0.0955. The van der Waals surface area contributed by atoms with Gasteiger partial charge in [0, 0.05) is 98.8 Å². The van der Waals surface area contributed by atoms with Crippen LogP contribution in [0.5, 0.6) is 5.75 Å². The minimum Gasteiger partial charge on any atom is -0.493 e. The van der Waals surface area contributed by atoms with E-state index in [1.54, 1.807) is 0 Å². The number of fused-ring (bicyclic) bond motifs is 14. The van der Waals surface area contributed by atoms with Crippen LogP contribution in [0, 0.1) is 20.8 Å². The fraction of sp³-hybridized carbons (Fsp3) is 0.184. The van der Waals surface area contributed by atoms with Gasteiger partial charge in [-0.15, -0.1) is 22.7 Å². The predicted octanol–water partition coefficient (Wildman–Crippen LogP) is 28.3. The third-order valence-electron chi connectivity index (χ3n) is 21.6. The molecule has 0 unspecified atom stereocenters. The molecule has 0 spiro atoms. The van der Waals surface area contributed by atoms with E-state index in [0.29, 0.717) is 13.2 Å². The molecule has 2 heterocycles. The van der Waals surface area contributed by atoms with E-state index < -0.39 is 0 Å². The molecule has 104 heavy (non-hydrogen) atoms. The van der Waals surface area contributed by atoms with E-state index in [2.05, 4.69) is 358 Å². The molecule has 2 aromatic heterocycles. The van der Waals surface area contributed by atoms with Crippen molar-refractivity contribution in [3.8, 4) is 50.3 Å². The third kappa shape index (κ3) is 12.6. The van der Waals surface area contributed by atoms with Gasteiger partial charge in [-0.1, -0.05) is 241 Å². The van der Waals surface area contributed by atoms with E-state index in [1.165, 1.54) is 179 Å². The summed E-state index contributed by atoms with van der Waals surface area (Å²) in [6.07, 6.45) is 3.14. The van der Waals surface area contributed by atoms with E-state index in [-0.39, 0.29) is 10.8 Å². The van der Waals surface area contributed by atoms with Gasteiger partial charge in [-0.3, -0.25) is 0 Å². The highest BCUT2D eigenvalue weighted by molar-refractivity contribution is 7.26. The number of hydrogen-bond acceptors (Lipinski definition) is 6. The number of hydrogen-bond donors (Lipinski definition) is 0. The Morgan fingerprint density at radius 2 is 0.846 bits per heavy atom. The molecule has 0 radical (unpaired) electrons. The topological polar surface area (TPSA) is 24.9 Å². The van der Waals surface area contributed by atoms with Crippen LogP contribution in [-0.4, -0.2) is 20.3 Å². The van der Waals surface area contributed by atoms with Crippen molar-refractivity contribution >= 4 is 113 Å². The number of unbranched alkanes of at least 4 members (excludes halogenated alkanes) is 1. The number of benzene rings is 14. The van der Waals surface area contributed by atoms with Crippen molar-refractivity contribution in [1.29, 1.82) is 0 Å². The summed E-state index contributed by atoms with van der Waals surface area (Å²) < 4.78 is 17.9. The molecule has 6 heteroatoms. The Labute approximate surface area is 621 Å². The summed E-state index contributed by atoms with van der Waals surface area (Å²) in [5.74, 6) is 0.944. The van der Waals surface area contributed by atoms with Crippen molar-refractivity contribution in [2.75, 3.05) is 30.1 Å². The zero-order valence-corrected chi connectivity index (χ0v) is 63.0. The Morgan fingerprint density at radius 3 is 1.51 bits per heavy atom. The predicted molar refractivity (Wildman–Crippen MR) is 450 cm³/mol. The van der Waals surface area contributed by atoms with E-state index in [1.807, 2.05) is 22.7 Å². The smallest absolute Gasteiger partial charge is 0.127 e. The molecule has 0 atom stereocenters. The molecular weight excluding hydrogens is 1300 g/mol. The average molecular weight is 1390 g/mol. The molecule has 16 aromatic rings. The van der Waals surface area contributed by atoms with Crippen LogP contribution in [-0.2, 0) is 22.2 Å². The molecule has 14 aromatic carbocycles. The Morgan fingerprint density at radius 1 is 0.346 bits per heavy atom. The molecule has 2 aliphatic carbocycles. The van der Waals surface area contributed by atoms with Crippen LogP contribution in [0.3, 0.4) is 0 Å². The van der Waals surface area contributed by atoms with Gasteiger partial charge in [0.25, 0.3) is 0 Å². The monoisotopic (exact) mass is 1390 g/mol. The number of nitrogens with zero attached hydrogens (tertiary/aromatic N) is 2. The van der Waals surface area contributed by atoms with Gasteiger partial charge in [0.05, 0.1) is 13.2 Å². The van der Waals surface area contributed by atoms with Gasteiger partial charge in [-0.2, -0.15) is 0 Å². The molecule has 18 rings (SSSR count). The summed E-state index contributed by atoms with van der Waals surface area (Å²) >= 11 is 3.73. The first kappa shape index (κ1) is 67.9. The maximum Gasteiger partial charge on any atom is 0.127 e. The molecule has 0 fully saturated rings. The third-order valence-corrected chi connectivity index (χ3v) is 23.9. The first-order valence-corrected chi connectivity index (χ1v) is 38.6. The van der Waals surface area contributed by atoms with Gasteiger partial charge in [0.1, 0.15) is 5.75 Å². The van der Waals surface area contributed by atoms with E-state index in [9.17, 15) is 0 Å². The lowest BCUT2D eigenvalue weighted by Gasteiger charge is -2.27. The number of aryl methyl sites for hydroxylation is 3. The highest BCUT2D eigenvalue weighted by atomic mass is 32.1. The first-order valence-electron chi connectivity index (χ1n) is 36.9. The SMILES string of the molecule is CCCCOc1ccc2cc(-c3cccc(C)c3)ccc2c1-c1c(COCCC)ccc2cc(C)ccc12.CN(c1ccc2c(c1)-c1ccccc1C2(C)C)c1ccc2sc3ccccc3c2c1.Cc1cccc(N(c2ccc3c(c2)-c2ccccc2C3(C)C)c2ccc3sc4ccccc4c3c2)c1. The molecule has 514 valence electrons. The lowest BCUT2D eigenvalue weighted by atomic mass is 9.82. The molecular formula is C98H88N2O2S2. The molecule has 0 amide bonds. The van der Waals surface area contributed by atoms with Crippen molar-refractivity contribution in [3.05, 3.63) is 324 Å². The second-order valence-corrected chi connectivity index (χ2v) is 31.6. The number of thiophene rings is 2. The summed E-state index contributed by atoms with van der Waals surface area (Å²) in [6.45, 7) is 22.2. The Hall–Kier alpha value is -10.6. The van der Waals surface area contributed by atoms with Gasteiger partial charge in [0.2, 0.25) is 0 Å². The van der Waals surface area contributed by atoms with Crippen LogP contribution < -0.4 is 14.5 Å². The zero-order chi connectivity index (χ0) is 71.4. The molecule has 0 saturated carbocycles. The van der Waals surface area contributed by atoms with Gasteiger partial charge < -0.3 is 19.3 Å². The van der Waals surface area contributed by atoms with Crippen molar-refractivity contribution in [3.63, 3.8) is 0 Å². The number of ether oxygens (including phenoxy) is 2. The highest BCUT2D eigenvalue weighted by Crippen LogP contribution is 2.53. The summed E-state index contributed by atoms with van der Waals surface area (Å²) in [5, 5.41) is 10.2. The fourth-order valence-corrected chi connectivity index (χ4v) is 18.3. The lowest BCUT2D eigenvalue weighted by Crippen LogP contribution is -2.15. The van der Waals surface area contributed by atoms with Gasteiger partial charge in [-0.05, 0) is 225 Å². The van der Waals surface area contributed by atoms with Crippen LogP contribution >= 0.6 is 22.7 Å². The standard InChI is InChI=1S/C36H38O2.C34H27NS.C28H23NS/c1-5-7-20-38-34-18-15-30-23-28(27-10-8-9-25(3)21-27)14-17-33(30)36(34)35-31(24-37-19-6-2)13-12-29-22-26(4)11-16-32(29)35;1-22-9-8-10-23(19-22)35(25-16-18-33-29(21-25)27-12-5-7-14-32(27)36-33)24-15-17-31-28(20-24)26-11-4-6-13-30(26)34(31,2)3;1-28(2)24-10-6-4-8-20(24)22-16-18(12-14-25(22)28)29(3)19-13-15-27-23(17-19)21-9-5-7-11-26(21)30-27/h8-18,21-23H,5-7,19-20,24H2,1-4H3;4-21H,1-3H3;4-17H,1-3H3. The van der Waals surface area contributed by atoms with Crippen LogP contribution in [0.15, 0.2) is 279 Å². The largest absolute Gasteiger partial charge is 0.493 e. The summed E-state index contributed by atoms with van der Waals surface area (Å²) in [7, 11) is 2.17. The van der Waals surface area contributed by atoms with Crippen molar-refractivity contribution in [2.24, 2.45) is 0 Å². The minimum atomic E-state index is 0.00707. The molecule has 2 aliphatic rings. The maximum atomic E-state index is 6.48.